The summed E-state index contributed by atoms with van der Waals surface area (Å²) in [5, 5.41) is 2.42. The number of hydrogen-bond acceptors (Lipinski definition) is 6. The van der Waals surface area contributed by atoms with Crippen LogP contribution in [0.25, 0.3) is 0 Å². The molecule has 26 heavy (non-hydrogen) atoms. The lowest BCUT2D eigenvalue weighted by Crippen LogP contribution is -2.39. The molecule has 1 aliphatic heterocycles. The Labute approximate surface area is 150 Å². The van der Waals surface area contributed by atoms with Gasteiger partial charge in [-0.1, -0.05) is 12.1 Å². The zero-order valence-electron chi connectivity index (χ0n) is 14.6. The molecule has 0 fully saturated rings. The highest BCUT2D eigenvalue weighted by Crippen LogP contribution is 2.21. The summed E-state index contributed by atoms with van der Waals surface area (Å²) in [5.74, 6) is -1.72. The molecule has 1 aromatic carbocycles. The molecule has 3 amide bonds. The van der Waals surface area contributed by atoms with Crippen molar-refractivity contribution in [3.8, 4) is 0 Å². The molecule has 0 aliphatic carbocycles. The summed E-state index contributed by atoms with van der Waals surface area (Å²) in [6.45, 7) is 3.25. The molecule has 0 saturated heterocycles. The fraction of sp³-hybridized carbons (Fsp3) is 0.333. The first kappa shape index (κ1) is 19.2. The fourth-order valence-electron chi connectivity index (χ4n) is 2.43. The van der Waals surface area contributed by atoms with E-state index in [4.69, 9.17) is 9.47 Å². The molecule has 1 aliphatic rings. The second kappa shape index (κ2) is 8.80. The van der Waals surface area contributed by atoms with E-state index in [0.29, 0.717) is 11.1 Å². The first-order valence-electron chi connectivity index (χ1n) is 8.13. The van der Waals surface area contributed by atoms with Gasteiger partial charge >= 0.3 is 5.97 Å². The average molecular weight is 360 g/mol. The zero-order chi connectivity index (χ0) is 19.1. The van der Waals surface area contributed by atoms with Crippen LogP contribution in [-0.2, 0) is 19.1 Å². The van der Waals surface area contributed by atoms with Gasteiger partial charge in [-0.05, 0) is 25.1 Å². The topological polar surface area (TPSA) is 102 Å². The number of nitrogens with one attached hydrogen (secondary N) is 1. The Morgan fingerprint density at radius 3 is 2.35 bits per heavy atom. The molecule has 0 radical (unpaired) electrons. The first-order valence-corrected chi connectivity index (χ1v) is 8.13. The highest BCUT2D eigenvalue weighted by atomic mass is 16.5. The van der Waals surface area contributed by atoms with E-state index in [-0.39, 0.29) is 31.6 Å². The molecule has 1 unspecified atom stereocenters. The van der Waals surface area contributed by atoms with Crippen molar-refractivity contribution in [2.75, 3.05) is 19.8 Å². The summed E-state index contributed by atoms with van der Waals surface area (Å²) in [5.41, 5.74) is 0.752. The van der Waals surface area contributed by atoms with E-state index in [1.807, 2.05) is 0 Å². The average Bonchev–Trinajstić information content (AvgIpc) is 2.85. The number of benzene rings is 1. The van der Waals surface area contributed by atoms with Crippen molar-refractivity contribution < 1.29 is 28.7 Å². The van der Waals surface area contributed by atoms with Crippen LogP contribution in [0.1, 0.15) is 34.6 Å². The van der Waals surface area contributed by atoms with Crippen LogP contribution in [-0.4, -0.2) is 54.4 Å². The van der Waals surface area contributed by atoms with Crippen LogP contribution >= 0.6 is 0 Å². The van der Waals surface area contributed by atoms with Gasteiger partial charge < -0.3 is 14.8 Å². The van der Waals surface area contributed by atoms with E-state index >= 15 is 0 Å². The SMILES string of the molecule is CCOC(=O)C(C=COCCN1C(=O)c2ccccc2C1=O)NC(C)=O. The lowest BCUT2D eigenvalue weighted by atomic mass is 10.1. The zero-order valence-corrected chi connectivity index (χ0v) is 14.6. The second-order valence-electron chi connectivity index (χ2n) is 5.44. The number of esters is 1. The van der Waals surface area contributed by atoms with Crippen molar-refractivity contribution in [3.05, 3.63) is 47.7 Å². The van der Waals surface area contributed by atoms with Crippen molar-refractivity contribution in [1.82, 2.24) is 10.2 Å². The summed E-state index contributed by atoms with van der Waals surface area (Å²) in [4.78, 5) is 48.3. The Kier molecular flexibility index (Phi) is 6.48. The second-order valence-corrected chi connectivity index (χ2v) is 5.44. The van der Waals surface area contributed by atoms with Crippen molar-refractivity contribution >= 4 is 23.7 Å². The third kappa shape index (κ3) is 4.47. The Bertz CT molecular complexity index is 708. The standard InChI is InChI=1S/C18H20N2O6/c1-3-26-18(24)15(19-12(2)21)8-10-25-11-9-20-16(22)13-6-4-5-7-14(13)17(20)23/h4-8,10,15H,3,9,11H2,1-2H3,(H,19,21). The maximum absolute atomic E-state index is 12.2. The molecule has 138 valence electrons. The Morgan fingerprint density at radius 2 is 1.81 bits per heavy atom. The molecule has 1 atom stereocenters. The first-order chi connectivity index (χ1) is 12.5. The van der Waals surface area contributed by atoms with Gasteiger partial charge in [0.25, 0.3) is 11.8 Å². The molecule has 0 bridgehead atoms. The smallest absolute Gasteiger partial charge is 0.332 e. The van der Waals surface area contributed by atoms with Gasteiger partial charge in [-0.3, -0.25) is 19.3 Å². The van der Waals surface area contributed by atoms with Crippen LogP contribution in [0, 0.1) is 0 Å². The molecule has 8 nitrogen and oxygen atoms in total. The van der Waals surface area contributed by atoms with Crippen molar-refractivity contribution in [2.24, 2.45) is 0 Å². The number of fused-ring (bicyclic) bond motifs is 1. The van der Waals surface area contributed by atoms with E-state index in [0.717, 1.165) is 4.90 Å². The van der Waals surface area contributed by atoms with Gasteiger partial charge in [-0.25, -0.2) is 4.79 Å². The number of amides is 3. The van der Waals surface area contributed by atoms with Crippen molar-refractivity contribution in [1.29, 1.82) is 0 Å². The van der Waals surface area contributed by atoms with E-state index in [1.165, 1.54) is 19.3 Å². The van der Waals surface area contributed by atoms with E-state index in [1.54, 1.807) is 31.2 Å². The summed E-state index contributed by atoms with van der Waals surface area (Å²) in [6.07, 6.45) is 2.57. The number of nitrogens with zero attached hydrogens (tertiary/aromatic N) is 1. The molecule has 1 aromatic rings. The summed E-state index contributed by atoms with van der Waals surface area (Å²) in [6, 6.07) is 5.64. The van der Waals surface area contributed by atoms with Crippen molar-refractivity contribution in [2.45, 2.75) is 19.9 Å². The highest BCUT2D eigenvalue weighted by Gasteiger charge is 2.34. The fourth-order valence-corrected chi connectivity index (χ4v) is 2.43. The Morgan fingerprint density at radius 1 is 1.19 bits per heavy atom. The number of carbonyl (C=O) groups is 4. The molecular formula is C18H20N2O6. The lowest BCUT2D eigenvalue weighted by molar-refractivity contribution is -0.145. The van der Waals surface area contributed by atoms with Crippen molar-refractivity contribution in [3.63, 3.8) is 0 Å². The summed E-state index contributed by atoms with van der Waals surface area (Å²) in [7, 11) is 0. The number of rotatable bonds is 8. The number of carbonyl (C=O) groups excluding carboxylic acids is 4. The van der Waals surface area contributed by atoms with Gasteiger partial charge in [0, 0.05) is 6.92 Å². The van der Waals surface area contributed by atoms with Gasteiger partial charge in [-0.2, -0.15) is 0 Å². The quantitative estimate of drug-likeness (QED) is 0.320. The minimum atomic E-state index is -0.966. The third-order valence-electron chi connectivity index (χ3n) is 3.58. The van der Waals surface area contributed by atoms with Crippen LogP contribution in [0.4, 0.5) is 0 Å². The van der Waals surface area contributed by atoms with Gasteiger partial charge in [-0.15, -0.1) is 0 Å². The van der Waals surface area contributed by atoms with Gasteiger partial charge in [0.15, 0.2) is 0 Å². The maximum Gasteiger partial charge on any atom is 0.332 e. The minimum absolute atomic E-state index is 0.0532. The highest BCUT2D eigenvalue weighted by molar-refractivity contribution is 6.21. The maximum atomic E-state index is 12.2. The van der Waals surface area contributed by atoms with Gasteiger partial charge in [0.1, 0.15) is 12.6 Å². The van der Waals surface area contributed by atoms with Crippen LogP contribution in [0.3, 0.4) is 0 Å². The Balaban J connectivity index is 1.87. The number of imide groups is 1. The summed E-state index contributed by atoms with van der Waals surface area (Å²) < 4.78 is 10.1. The van der Waals surface area contributed by atoms with Crippen LogP contribution < -0.4 is 5.32 Å². The monoisotopic (exact) mass is 360 g/mol. The van der Waals surface area contributed by atoms with Crippen LogP contribution in [0.15, 0.2) is 36.6 Å². The van der Waals surface area contributed by atoms with Gasteiger partial charge in [0.2, 0.25) is 5.91 Å². The summed E-state index contributed by atoms with van der Waals surface area (Å²) >= 11 is 0. The van der Waals surface area contributed by atoms with E-state index in [9.17, 15) is 19.2 Å². The normalized spacial score (nSPS) is 14.3. The van der Waals surface area contributed by atoms with Crippen LogP contribution in [0.5, 0.6) is 0 Å². The molecular weight excluding hydrogens is 340 g/mol. The molecule has 1 N–H and O–H groups in total. The largest absolute Gasteiger partial charge is 0.500 e. The van der Waals surface area contributed by atoms with Crippen LogP contribution in [0.2, 0.25) is 0 Å². The number of hydrogen-bond donors (Lipinski definition) is 1. The molecule has 0 saturated carbocycles. The lowest BCUT2D eigenvalue weighted by Gasteiger charge is -2.14. The minimum Gasteiger partial charge on any atom is -0.500 e. The molecule has 2 rings (SSSR count). The van der Waals surface area contributed by atoms with E-state index in [2.05, 4.69) is 5.32 Å². The van der Waals surface area contributed by atoms with E-state index < -0.39 is 17.9 Å². The number of ether oxygens (including phenoxy) is 2. The molecule has 0 aromatic heterocycles. The predicted octanol–water partition coefficient (Wildman–Crippen LogP) is 0.881. The predicted molar refractivity (Wildman–Crippen MR) is 91.1 cm³/mol. The molecule has 8 heteroatoms. The third-order valence-corrected chi connectivity index (χ3v) is 3.58. The van der Waals surface area contributed by atoms with Gasteiger partial charge in [0.05, 0.1) is 30.5 Å². The Hall–Kier alpha value is -3.16. The molecule has 0 spiro atoms. The molecule has 1 heterocycles.